The smallest absolute Gasteiger partial charge is 0.406 e. The lowest BCUT2D eigenvalue weighted by Crippen LogP contribution is -2.51. The molecule has 1 saturated carbocycles. The molecule has 1 saturated heterocycles. The summed E-state index contributed by atoms with van der Waals surface area (Å²) in [7, 11) is 0. The summed E-state index contributed by atoms with van der Waals surface area (Å²) < 4.78 is 42.0. The fraction of sp³-hybridized carbons (Fsp3) is 0.700. The Morgan fingerprint density at radius 1 is 1.30 bits per heavy atom. The largest absolute Gasteiger partial charge is 0.573 e. The lowest BCUT2D eigenvalue weighted by Gasteiger charge is -2.40. The van der Waals surface area contributed by atoms with E-state index >= 15 is 0 Å². The van der Waals surface area contributed by atoms with Crippen molar-refractivity contribution < 1.29 is 23.0 Å². The van der Waals surface area contributed by atoms with E-state index in [9.17, 15) is 18.3 Å². The number of alkyl halides is 3. The Morgan fingerprint density at radius 2 is 2.07 bits per heavy atom. The van der Waals surface area contributed by atoms with E-state index in [4.69, 9.17) is 0 Å². The number of ether oxygens (including phenoxy) is 1. The highest BCUT2D eigenvalue weighted by Crippen LogP contribution is 2.38. The van der Waals surface area contributed by atoms with Crippen molar-refractivity contribution in [2.45, 2.75) is 57.0 Å². The van der Waals surface area contributed by atoms with Crippen molar-refractivity contribution in [3.63, 3.8) is 0 Å². The van der Waals surface area contributed by atoms with Crippen molar-refractivity contribution in [3.8, 4) is 5.75 Å². The quantitative estimate of drug-likeness (QED) is 0.813. The molecule has 1 aromatic rings. The molecule has 0 spiro atoms. The van der Waals surface area contributed by atoms with E-state index in [1.807, 2.05) is 6.07 Å². The average Bonchev–Trinajstić information content (AvgIpc) is 2.59. The molecule has 1 aliphatic heterocycles. The van der Waals surface area contributed by atoms with Crippen LogP contribution in [-0.4, -0.2) is 54.7 Å². The molecule has 3 rings (SSSR count). The van der Waals surface area contributed by atoms with Gasteiger partial charge < -0.3 is 15.2 Å². The van der Waals surface area contributed by atoms with Crippen molar-refractivity contribution in [3.05, 3.63) is 29.8 Å². The van der Waals surface area contributed by atoms with Crippen LogP contribution in [0.25, 0.3) is 0 Å². The Balaban J connectivity index is 1.83. The Labute approximate surface area is 158 Å². The number of hydrogen-bond donors (Lipinski definition) is 2. The molecular weight excluding hydrogens is 357 g/mol. The first-order valence-electron chi connectivity index (χ1n) is 9.81. The maximum absolute atomic E-state index is 12.6. The van der Waals surface area contributed by atoms with Gasteiger partial charge in [-0.05, 0) is 43.4 Å². The van der Waals surface area contributed by atoms with Gasteiger partial charge in [0.2, 0.25) is 0 Å². The molecule has 2 N–H and O–H groups in total. The molecule has 2 unspecified atom stereocenters. The van der Waals surface area contributed by atoms with E-state index in [0.717, 1.165) is 57.4 Å². The van der Waals surface area contributed by atoms with E-state index < -0.39 is 12.5 Å². The van der Waals surface area contributed by atoms with Crippen LogP contribution in [0.1, 0.15) is 44.1 Å². The minimum absolute atomic E-state index is 0.0117. The van der Waals surface area contributed by atoms with E-state index in [1.54, 1.807) is 6.07 Å². The molecule has 0 radical (unpaired) electrons. The molecular formula is C20H29F3N2O2. The lowest BCUT2D eigenvalue weighted by molar-refractivity contribution is -0.274. The molecule has 1 aromatic carbocycles. The van der Waals surface area contributed by atoms with E-state index in [1.165, 1.54) is 12.1 Å². The number of aliphatic hydroxyl groups is 1. The van der Waals surface area contributed by atoms with Crippen LogP contribution < -0.4 is 10.1 Å². The molecule has 0 aromatic heterocycles. The minimum atomic E-state index is -4.70. The third-order valence-corrected chi connectivity index (χ3v) is 5.73. The van der Waals surface area contributed by atoms with Gasteiger partial charge in [-0.25, -0.2) is 0 Å². The zero-order valence-corrected chi connectivity index (χ0v) is 15.7. The van der Waals surface area contributed by atoms with Crippen LogP contribution in [0.3, 0.4) is 0 Å². The Kier molecular flexibility index (Phi) is 6.65. The van der Waals surface area contributed by atoms with Crippen LogP contribution in [-0.2, 0) is 0 Å². The fourth-order valence-electron chi connectivity index (χ4n) is 4.50. The van der Waals surface area contributed by atoms with Crippen LogP contribution >= 0.6 is 0 Å². The first kappa shape index (κ1) is 20.4. The van der Waals surface area contributed by atoms with Gasteiger partial charge in [0.15, 0.2) is 0 Å². The highest BCUT2D eigenvalue weighted by atomic mass is 19.4. The lowest BCUT2D eigenvalue weighted by atomic mass is 9.74. The van der Waals surface area contributed by atoms with E-state index in [-0.39, 0.29) is 17.6 Å². The van der Waals surface area contributed by atoms with Gasteiger partial charge in [0.05, 0.1) is 6.10 Å². The van der Waals surface area contributed by atoms with Crippen LogP contribution in [0, 0.1) is 5.92 Å². The summed E-state index contributed by atoms with van der Waals surface area (Å²) in [6.07, 6.45) is -1.39. The topological polar surface area (TPSA) is 44.7 Å². The zero-order valence-electron chi connectivity index (χ0n) is 15.7. The third-order valence-electron chi connectivity index (χ3n) is 5.73. The number of hydrogen-bond acceptors (Lipinski definition) is 4. The fourth-order valence-corrected chi connectivity index (χ4v) is 4.50. The average molecular weight is 386 g/mol. The van der Waals surface area contributed by atoms with Gasteiger partial charge >= 0.3 is 6.36 Å². The van der Waals surface area contributed by atoms with Crippen molar-refractivity contribution in [1.29, 1.82) is 0 Å². The van der Waals surface area contributed by atoms with Crippen molar-refractivity contribution >= 4 is 0 Å². The normalized spacial score (nSPS) is 28.7. The molecule has 2 aliphatic rings. The number of nitrogens with one attached hydrogen (secondary N) is 1. The van der Waals surface area contributed by atoms with Crippen molar-refractivity contribution in [1.82, 2.24) is 10.2 Å². The predicted molar refractivity (Wildman–Crippen MR) is 97.7 cm³/mol. The molecule has 7 heteroatoms. The maximum atomic E-state index is 12.6. The first-order chi connectivity index (χ1) is 12.8. The molecule has 1 heterocycles. The Morgan fingerprint density at radius 3 is 2.78 bits per heavy atom. The summed E-state index contributed by atoms with van der Waals surface area (Å²) in [5.74, 6) is -0.142. The van der Waals surface area contributed by atoms with Crippen LogP contribution in [0.4, 0.5) is 13.2 Å². The zero-order chi connectivity index (χ0) is 19.4. The van der Waals surface area contributed by atoms with E-state index in [2.05, 4.69) is 21.9 Å². The van der Waals surface area contributed by atoms with Gasteiger partial charge in [-0.15, -0.1) is 13.2 Å². The first-order valence-corrected chi connectivity index (χ1v) is 9.81. The van der Waals surface area contributed by atoms with E-state index in [0.29, 0.717) is 6.04 Å². The van der Waals surface area contributed by atoms with Gasteiger partial charge in [0.1, 0.15) is 5.75 Å². The highest BCUT2D eigenvalue weighted by Gasteiger charge is 2.35. The molecule has 2 fully saturated rings. The third kappa shape index (κ3) is 5.83. The highest BCUT2D eigenvalue weighted by molar-refractivity contribution is 5.32. The maximum Gasteiger partial charge on any atom is 0.573 e. The molecule has 4 nitrogen and oxygen atoms in total. The standard InChI is InChI=1S/C20H29F3N2O2/c1-14-12-25(10-9-24-14)13-18(17-7-2-3-8-19(17)26)15-5-4-6-16(11-15)27-20(21,22)23/h4-6,11,14,17-19,24,26H,2-3,7-10,12-13H2,1H3/t14-,17?,18?,19+/m1/s1. The van der Waals surface area contributed by atoms with Crippen LogP contribution in [0.5, 0.6) is 5.75 Å². The van der Waals surface area contributed by atoms with Crippen molar-refractivity contribution in [2.75, 3.05) is 26.2 Å². The summed E-state index contributed by atoms with van der Waals surface area (Å²) in [6, 6.07) is 6.68. The number of piperazine rings is 1. The molecule has 1 aliphatic carbocycles. The summed E-state index contributed by atoms with van der Waals surface area (Å²) in [5, 5.41) is 14.0. The monoisotopic (exact) mass is 386 g/mol. The number of benzene rings is 1. The summed E-state index contributed by atoms with van der Waals surface area (Å²) >= 11 is 0. The second kappa shape index (κ2) is 8.80. The number of aliphatic hydroxyl groups excluding tert-OH is 1. The number of nitrogens with zero attached hydrogens (tertiary/aromatic N) is 1. The number of halogens is 3. The molecule has 152 valence electrons. The Bertz CT molecular complexity index is 611. The van der Waals surface area contributed by atoms with Crippen LogP contribution in [0.2, 0.25) is 0 Å². The van der Waals surface area contributed by atoms with Crippen molar-refractivity contribution in [2.24, 2.45) is 5.92 Å². The summed E-state index contributed by atoms with van der Waals surface area (Å²) in [4.78, 5) is 2.35. The summed E-state index contributed by atoms with van der Waals surface area (Å²) in [6.45, 7) is 5.58. The van der Waals surface area contributed by atoms with Gasteiger partial charge in [-0.2, -0.15) is 0 Å². The number of rotatable bonds is 5. The Hall–Kier alpha value is -1.31. The van der Waals surface area contributed by atoms with Gasteiger partial charge in [0.25, 0.3) is 0 Å². The van der Waals surface area contributed by atoms with Crippen LogP contribution in [0.15, 0.2) is 24.3 Å². The van der Waals surface area contributed by atoms with Gasteiger partial charge in [0, 0.05) is 38.1 Å². The van der Waals surface area contributed by atoms with Gasteiger partial charge in [-0.1, -0.05) is 25.0 Å². The molecule has 27 heavy (non-hydrogen) atoms. The van der Waals surface area contributed by atoms with Gasteiger partial charge in [-0.3, -0.25) is 4.90 Å². The minimum Gasteiger partial charge on any atom is -0.406 e. The SMILES string of the molecule is C[C@@H]1CN(CC(c2cccc(OC(F)(F)F)c2)C2CCCC[C@@H]2O)CCN1. The predicted octanol–water partition coefficient (Wildman–Crippen LogP) is 3.51. The molecule has 0 bridgehead atoms. The molecule has 0 amide bonds. The molecule has 4 atom stereocenters. The second-order valence-electron chi connectivity index (χ2n) is 7.86. The summed E-state index contributed by atoms with van der Waals surface area (Å²) in [5.41, 5.74) is 0.814. The second-order valence-corrected chi connectivity index (χ2v) is 7.86.